The third-order valence-corrected chi connectivity index (χ3v) is 7.38. The maximum atomic E-state index is 12.7. The summed E-state index contributed by atoms with van der Waals surface area (Å²) >= 11 is 0. The molecular formula is C24H40N8O2. The highest BCUT2D eigenvalue weighted by atomic mass is 16.5. The smallest absolute Gasteiger partial charge is 0.242 e. The molecule has 4 heterocycles. The van der Waals surface area contributed by atoms with Crippen LogP contribution in [0.2, 0.25) is 0 Å². The second kappa shape index (κ2) is 11.7. The minimum atomic E-state index is -0.207. The zero-order valence-corrected chi connectivity index (χ0v) is 20.0. The molecule has 0 aromatic heterocycles. The zero-order chi connectivity index (χ0) is 23.2. The van der Waals surface area contributed by atoms with Gasteiger partial charge in [-0.3, -0.25) is 30.7 Å². The first-order valence-corrected chi connectivity index (χ1v) is 13.0. The molecule has 10 heteroatoms. The van der Waals surface area contributed by atoms with E-state index >= 15 is 0 Å². The minimum Gasteiger partial charge on any atom is -0.492 e. The molecule has 4 aliphatic rings. The summed E-state index contributed by atoms with van der Waals surface area (Å²) in [5.74, 6) is 0.677. The lowest BCUT2D eigenvalue weighted by molar-refractivity contribution is -0.132. The fourth-order valence-corrected chi connectivity index (χ4v) is 5.48. The molecule has 188 valence electrons. The highest BCUT2D eigenvalue weighted by Gasteiger charge is 2.45. The van der Waals surface area contributed by atoms with E-state index in [-0.39, 0.29) is 30.3 Å². The Morgan fingerprint density at radius 2 is 1.82 bits per heavy atom. The number of likely N-dealkylation sites (tertiary alicyclic amines) is 1. The van der Waals surface area contributed by atoms with Gasteiger partial charge in [0.05, 0.1) is 12.1 Å². The summed E-state index contributed by atoms with van der Waals surface area (Å²) in [7, 11) is 0. The molecule has 34 heavy (non-hydrogen) atoms. The summed E-state index contributed by atoms with van der Waals surface area (Å²) in [6, 6.07) is 8.17. The van der Waals surface area contributed by atoms with Gasteiger partial charge in [-0.15, -0.1) is 0 Å². The van der Waals surface area contributed by atoms with Crippen molar-refractivity contribution < 1.29 is 9.53 Å². The minimum absolute atomic E-state index is 0.00881. The molecule has 0 radical (unpaired) electrons. The first-order valence-electron chi connectivity index (χ1n) is 13.0. The van der Waals surface area contributed by atoms with Gasteiger partial charge < -0.3 is 15.4 Å². The van der Waals surface area contributed by atoms with Crippen LogP contribution in [-0.2, 0) is 4.79 Å². The molecule has 4 atom stereocenters. The van der Waals surface area contributed by atoms with Crippen LogP contribution in [0.5, 0.6) is 5.75 Å². The maximum absolute atomic E-state index is 12.7. The first kappa shape index (κ1) is 23.8. The standard InChI is InChI=1S/C24H40N8O2/c33-23-21-20(17-26-30-23)28-24(32-12-2-1-3-13-32)29-22(21)27-18-5-7-19(8-6-18)34-16-15-31-11-4-9-25-10-14-31/h5-8,20-22,24-29H,1-4,9-17H2,(H,30,33). The molecule has 0 bridgehead atoms. The quantitative estimate of drug-likeness (QED) is 0.319. The van der Waals surface area contributed by atoms with E-state index in [4.69, 9.17) is 4.74 Å². The van der Waals surface area contributed by atoms with Crippen molar-refractivity contribution in [3.8, 4) is 5.75 Å². The van der Waals surface area contributed by atoms with Crippen molar-refractivity contribution in [3.63, 3.8) is 0 Å². The Hall–Kier alpha value is -1.95. The van der Waals surface area contributed by atoms with Gasteiger partial charge in [-0.05, 0) is 56.6 Å². The van der Waals surface area contributed by atoms with Crippen LogP contribution in [0.3, 0.4) is 0 Å². The number of nitrogens with one attached hydrogen (secondary N) is 6. The largest absolute Gasteiger partial charge is 0.492 e. The predicted molar refractivity (Wildman–Crippen MR) is 132 cm³/mol. The van der Waals surface area contributed by atoms with Gasteiger partial charge in [0.25, 0.3) is 0 Å². The fraction of sp³-hybridized carbons (Fsp3) is 0.708. The molecule has 4 unspecified atom stereocenters. The molecule has 10 nitrogen and oxygen atoms in total. The van der Waals surface area contributed by atoms with Gasteiger partial charge in [0.2, 0.25) is 5.91 Å². The SMILES string of the molecule is O=C1NNCC2NC(N3CCCCC3)NC(Nc3ccc(OCCN4CCCNCC4)cc3)C12. The first-order chi connectivity index (χ1) is 16.8. The van der Waals surface area contributed by atoms with Crippen LogP contribution in [0.1, 0.15) is 25.7 Å². The van der Waals surface area contributed by atoms with Crippen molar-refractivity contribution in [2.75, 3.05) is 64.3 Å². The molecule has 1 amide bonds. The van der Waals surface area contributed by atoms with Gasteiger partial charge >= 0.3 is 0 Å². The monoisotopic (exact) mass is 472 g/mol. The molecule has 6 N–H and O–H groups in total. The van der Waals surface area contributed by atoms with Crippen LogP contribution < -0.4 is 36.9 Å². The molecule has 1 aromatic rings. The zero-order valence-electron chi connectivity index (χ0n) is 20.0. The van der Waals surface area contributed by atoms with Crippen molar-refractivity contribution >= 4 is 11.6 Å². The number of rotatable bonds is 7. The summed E-state index contributed by atoms with van der Waals surface area (Å²) in [5, 5.41) is 14.3. The molecule has 5 rings (SSSR count). The molecule has 0 aliphatic carbocycles. The number of piperidine rings is 1. The normalized spacial score (nSPS) is 31.2. The fourth-order valence-electron chi connectivity index (χ4n) is 5.48. The Bertz CT molecular complexity index is 780. The lowest BCUT2D eigenvalue weighted by Crippen LogP contribution is -2.76. The lowest BCUT2D eigenvalue weighted by Gasteiger charge is -2.49. The summed E-state index contributed by atoms with van der Waals surface area (Å²) in [4.78, 5) is 17.6. The molecule has 4 aliphatic heterocycles. The van der Waals surface area contributed by atoms with Gasteiger partial charge in [-0.25, -0.2) is 5.43 Å². The Balaban J connectivity index is 1.17. The Kier molecular flexibility index (Phi) is 8.15. The number of benzene rings is 1. The highest BCUT2D eigenvalue weighted by Crippen LogP contribution is 2.24. The number of amides is 1. The molecular weight excluding hydrogens is 432 g/mol. The number of anilines is 1. The van der Waals surface area contributed by atoms with Crippen molar-refractivity contribution in [2.24, 2.45) is 5.92 Å². The third-order valence-electron chi connectivity index (χ3n) is 7.38. The average Bonchev–Trinajstić information content (AvgIpc) is 3.14. The van der Waals surface area contributed by atoms with E-state index in [1.165, 1.54) is 25.7 Å². The summed E-state index contributed by atoms with van der Waals surface area (Å²) in [5.41, 5.74) is 6.82. The molecule has 0 spiro atoms. The van der Waals surface area contributed by atoms with Crippen molar-refractivity contribution in [3.05, 3.63) is 24.3 Å². The number of hydrogen-bond acceptors (Lipinski definition) is 9. The van der Waals surface area contributed by atoms with Gasteiger partial charge in [0, 0.05) is 51.0 Å². The number of fused-ring (bicyclic) bond motifs is 1. The summed E-state index contributed by atoms with van der Waals surface area (Å²) < 4.78 is 6.00. The van der Waals surface area contributed by atoms with Gasteiger partial charge in [0.1, 0.15) is 18.6 Å². The van der Waals surface area contributed by atoms with Crippen LogP contribution in [-0.4, -0.2) is 93.2 Å². The van der Waals surface area contributed by atoms with Crippen molar-refractivity contribution in [1.29, 1.82) is 0 Å². The molecule has 0 saturated carbocycles. The second-order valence-electron chi connectivity index (χ2n) is 9.77. The van der Waals surface area contributed by atoms with E-state index in [1.807, 2.05) is 24.3 Å². The Morgan fingerprint density at radius 1 is 0.971 bits per heavy atom. The van der Waals surface area contributed by atoms with E-state index in [0.717, 1.165) is 57.3 Å². The van der Waals surface area contributed by atoms with Crippen LogP contribution in [0.4, 0.5) is 5.69 Å². The number of nitrogens with zero attached hydrogens (tertiary/aromatic N) is 2. The van der Waals surface area contributed by atoms with Crippen molar-refractivity contribution in [2.45, 2.75) is 44.2 Å². The molecule has 1 aromatic carbocycles. The van der Waals surface area contributed by atoms with E-state index < -0.39 is 0 Å². The van der Waals surface area contributed by atoms with Crippen molar-refractivity contribution in [1.82, 2.24) is 36.6 Å². The van der Waals surface area contributed by atoms with E-state index in [1.54, 1.807) is 0 Å². The number of hydrogen-bond donors (Lipinski definition) is 6. The summed E-state index contributed by atoms with van der Waals surface area (Å²) in [6.07, 6.45) is 4.83. The average molecular weight is 473 g/mol. The van der Waals surface area contributed by atoms with Crippen LogP contribution >= 0.6 is 0 Å². The predicted octanol–water partition coefficient (Wildman–Crippen LogP) is -0.320. The maximum Gasteiger partial charge on any atom is 0.242 e. The molecule has 4 fully saturated rings. The second-order valence-corrected chi connectivity index (χ2v) is 9.77. The van der Waals surface area contributed by atoms with Gasteiger partial charge in [-0.2, -0.15) is 0 Å². The number of hydrazine groups is 1. The van der Waals surface area contributed by atoms with E-state index in [9.17, 15) is 4.79 Å². The number of ether oxygens (including phenoxy) is 1. The number of carbonyl (C=O) groups excluding carboxylic acids is 1. The topological polar surface area (TPSA) is 105 Å². The van der Waals surface area contributed by atoms with Crippen LogP contribution in [0, 0.1) is 5.92 Å². The van der Waals surface area contributed by atoms with Crippen LogP contribution in [0.15, 0.2) is 24.3 Å². The summed E-state index contributed by atoms with van der Waals surface area (Å²) in [6.45, 7) is 8.88. The van der Waals surface area contributed by atoms with Crippen LogP contribution in [0.25, 0.3) is 0 Å². The van der Waals surface area contributed by atoms with Gasteiger partial charge in [0.15, 0.2) is 0 Å². The Labute approximate surface area is 202 Å². The highest BCUT2D eigenvalue weighted by molar-refractivity contribution is 5.81. The molecule has 4 saturated heterocycles. The lowest BCUT2D eigenvalue weighted by atomic mass is 9.91. The Morgan fingerprint density at radius 3 is 2.68 bits per heavy atom. The number of carbonyl (C=O) groups is 1. The van der Waals surface area contributed by atoms with E-state index in [2.05, 4.69) is 41.9 Å². The van der Waals surface area contributed by atoms with E-state index in [0.29, 0.717) is 13.2 Å². The third kappa shape index (κ3) is 5.99. The van der Waals surface area contributed by atoms with Gasteiger partial charge in [-0.1, -0.05) is 6.42 Å².